The first-order valence-corrected chi connectivity index (χ1v) is 10.3. The highest BCUT2D eigenvalue weighted by atomic mass is 79.9. The van der Waals surface area contributed by atoms with E-state index >= 15 is 0 Å². The van der Waals surface area contributed by atoms with Gasteiger partial charge in [-0.05, 0) is 64.4 Å². The molecule has 4 nitrogen and oxygen atoms in total. The zero-order valence-corrected chi connectivity index (χ0v) is 17.6. The molecule has 0 amide bonds. The summed E-state index contributed by atoms with van der Waals surface area (Å²) in [6, 6.07) is 5.90. The predicted molar refractivity (Wildman–Crippen MR) is 112 cm³/mol. The van der Waals surface area contributed by atoms with Crippen molar-refractivity contribution in [1.29, 1.82) is 0 Å². The molecule has 0 aliphatic carbocycles. The van der Waals surface area contributed by atoms with Crippen molar-refractivity contribution in [2.24, 2.45) is 0 Å². The Morgan fingerprint density at radius 1 is 1.38 bits per heavy atom. The van der Waals surface area contributed by atoms with Gasteiger partial charge < -0.3 is 14.5 Å². The molecule has 1 saturated heterocycles. The molecular formula is C21H31BrN2O2. The average molecular weight is 423 g/mol. The third kappa shape index (κ3) is 6.53. The van der Waals surface area contributed by atoms with Gasteiger partial charge in [-0.2, -0.15) is 0 Å². The maximum absolute atomic E-state index is 11.9. The van der Waals surface area contributed by atoms with Crippen molar-refractivity contribution in [2.75, 3.05) is 44.7 Å². The van der Waals surface area contributed by atoms with E-state index in [2.05, 4.69) is 45.4 Å². The quantitative estimate of drug-likeness (QED) is 0.314. The van der Waals surface area contributed by atoms with Crippen LogP contribution in [0.5, 0.6) is 0 Å². The monoisotopic (exact) mass is 422 g/mol. The maximum Gasteiger partial charge on any atom is 0.161 e. The van der Waals surface area contributed by atoms with Crippen LogP contribution in [0.3, 0.4) is 0 Å². The molecule has 0 atom stereocenters. The van der Waals surface area contributed by atoms with E-state index in [1.807, 2.05) is 18.2 Å². The van der Waals surface area contributed by atoms with Gasteiger partial charge in [0.15, 0.2) is 5.78 Å². The number of ether oxygens (including phenoxy) is 1. The van der Waals surface area contributed by atoms with E-state index in [1.54, 1.807) is 6.92 Å². The Morgan fingerprint density at radius 2 is 2.12 bits per heavy atom. The summed E-state index contributed by atoms with van der Waals surface area (Å²) in [5.74, 6) is 0.118. The minimum absolute atomic E-state index is 0.118. The van der Waals surface area contributed by atoms with E-state index in [-0.39, 0.29) is 5.78 Å². The van der Waals surface area contributed by atoms with E-state index in [9.17, 15) is 4.79 Å². The minimum Gasteiger partial charge on any atom is -0.378 e. The lowest BCUT2D eigenvalue weighted by atomic mass is 10.0. The summed E-state index contributed by atoms with van der Waals surface area (Å²) in [5, 5.41) is 0. The molecule has 0 radical (unpaired) electrons. The number of nitrogens with zero attached hydrogens (tertiary/aromatic N) is 2. The van der Waals surface area contributed by atoms with Gasteiger partial charge in [-0.25, -0.2) is 0 Å². The van der Waals surface area contributed by atoms with Crippen LogP contribution in [0.15, 0.2) is 35.3 Å². The summed E-state index contributed by atoms with van der Waals surface area (Å²) in [5.41, 5.74) is 1.84. The van der Waals surface area contributed by atoms with Crippen molar-refractivity contribution in [2.45, 2.75) is 38.7 Å². The van der Waals surface area contributed by atoms with E-state index in [0.717, 1.165) is 74.2 Å². The summed E-state index contributed by atoms with van der Waals surface area (Å²) in [6.07, 6.45) is 6.56. The molecule has 1 aliphatic heterocycles. The predicted octanol–water partition coefficient (Wildman–Crippen LogP) is 4.54. The number of carbonyl (C=O) groups excluding carboxylic acids is 1. The largest absolute Gasteiger partial charge is 0.378 e. The Labute approximate surface area is 166 Å². The molecule has 1 fully saturated rings. The maximum atomic E-state index is 11.9. The van der Waals surface area contributed by atoms with E-state index in [1.165, 1.54) is 0 Å². The van der Waals surface area contributed by atoms with Gasteiger partial charge in [-0.3, -0.25) is 4.79 Å². The number of benzene rings is 1. The minimum atomic E-state index is 0.118. The zero-order chi connectivity index (χ0) is 18.9. The molecule has 0 bridgehead atoms. The van der Waals surface area contributed by atoms with Gasteiger partial charge >= 0.3 is 0 Å². The van der Waals surface area contributed by atoms with Gasteiger partial charge in [0, 0.05) is 42.0 Å². The number of unbranched alkanes of at least 4 members (excludes halogenated alkanes) is 1. The Hall–Kier alpha value is -1.17. The SMILES string of the molecule is C=CCN(C)CCCCOC1CCN(c2cc(Br)ccc2C(C)=O)CC1. The lowest BCUT2D eigenvalue weighted by Gasteiger charge is -2.34. The molecule has 144 valence electrons. The molecular weight excluding hydrogens is 392 g/mol. The second-order valence-electron chi connectivity index (χ2n) is 7.03. The molecule has 1 aromatic carbocycles. The Kier molecular flexibility index (Phi) is 8.82. The van der Waals surface area contributed by atoms with Gasteiger partial charge in [0.25, 0.3) is 0 Å². The molecule has 26 heavy (non-hydrogen) atoms. The first-order valence-electron chi connectivity index (χ1n) is 9.47. The number of rotatable bonds is 10. The van der Waals surface area contributed by atoms with E-state index in [4.69, 9.17) is 4.74 Å². The van der Waals surface area contributed by atoms with Crippen LogP contribution in [0.2, 0.25) is 0 Å². The lowest BCUT2D eigenvalue weighted by Crippen LogP contribution is -2.38. The molecule has 1 aliphatic rings. The van der Waals surface area contributed by atoms with Gasteiger partial charge in [0.1, 0.15) is 0 Å². The van der Waals surface area contributed by atoms with Crippen LogP contribution in [0.25, 0.3) is 0 Å². The summed E-state index contributed by atoms with van der Waals surface area (Å²) in [6.45, 7) is 10.1. The fraction of sp³-hybridized carbons (Fsp3) is 0.571. The molecule has 0 saturated carbocycles. The summed E-state index contributed by atoms with van der Waals surface area (Å²) >= 11 is 3.52. The molecule has 2 rings (SSSR count). The molecule has 0 spiro atoms. The standard InChI is InChI=1S/C21H31BrN2O2/c1-4-11-23(3)12-5-6-15-26-19-9-13-24(14-10-19)21-16-18(22)7-8-20(21)17(2)25/h4,7-8,16,19H,1,5-6,9-15H2,2-3H3. The fourth-order valence-corrected chi connectivity index (χ4v) is 3.72. The van der Waals surface area contributed by atoms with Gasteiger partial charge in [-0.1, -0.05) is 22.0 Å². The smallest absolute Gasteiger partial charge is 0.161 e. The summed E-state index contributed by atoms with van der Waals surface area (Å²) in [4.78, 5) is 16.5. The number of piperidine rings is 1. The highest BCUT2D eigenvalue weighted by Gasteiger charge is 2.22. The second-order valence-corrected chi connectivity index (χ2v) is 7.95. The third-order valence-electron chi connectivity index (χ3n) is 4.85. The van der Waals surface area contributed by atoms with Gasteiger partial charge in [0.2, 0.25) is 0 Å². The van der Waals surface area contributed by atoms with Crippen molar-refractivity contribution >= 4 is 27.4 Å². The van der Waals surface area contributed by atoms with Crippen molar-refractivity contribution in [3.63, 3.8) is 0 Å². The number of likely N-dealkylation sites (N-methyl/N-ethyl adjacent to an activating group) is 1. The van der Waals surface area contributed by atoms with Crippen molar-refractivity contribution in [3.8, 4) is 0 Å². The Morgan fingerprint density at radius 3 is 2.77 bits per heavy atom. The first-order chi connectivity index (χ1) is 12.5. The average Bonchev–Trinajstić information content (AvgIpc) is 2.62. The number of halogens is 1. The number of hydrogen-bond donors (Lipinski definition) is 0. The second kappa shape index (κ2) is 10.9. The van der Waals surface area contributed by atoms with Gasteiger partial charge in [-0.15, -0.1) is 6.58 Å². The van der Waals surface area contributed by atoms with Crippen molar-refractivity contribution in [1.82, 2.24) is 4.90 Å². The topological polar surface area (TPSA) is 32.8 Å². The van der Waals surface area contributed by atoms with Gasteiger partial charge in [0.05, 0.1) is 6.10 Å². The van der Waals surface area contributed by atoms with Crippen LogP contribution in [0.1, 0.15) is 43.0 Å². The molecule has 5 heteroatoms. The first kappa shape index (κ1) is 21.1. The highest BCUT2D eigenvalue weighted by molar-refractivity contribution is 9.10. The van der Waals surface area contributed by atoms with Crippen LogP contribution in [0, 0.1) is 0 Å². The van der Waals surface area contributed by atoms with Crippen LogP contribution < -0.4 is 4.90 Å². The molecule has 1 aromatic rings. The molecule has 1 heterocycles. The number of ketones is 1. The van der Waals surface area contributed by atoms with Crippen molar-refractivity contribution < 1.29 is 9.53 Å². The fourth-order valence-electron chi connectivity index (χ4n) is 3.37. The number of hydrogen-bond acceptors (Lipinski definition) is 4. The summed E-state index contributed by atoms with van der Waals surface area (Å²) < 4.78 is 7.08. The highest BCUT2D eigenvalue weighted by Crippen LogP contribution is 2.28. The molecule has 0 N–H and O–H groups in total. The Balaban J connectivity index is 1.73. The number of anilines is 1. The number of carbonyl (C=O) groups is 1. The van der Waals surface area contributed by atoms with E-state index in [0.29, 0.717) is 6.10 Å². The zero-order valence-electron chi connectivity index (χ0n) is 16.0. The van der Waals surface area contributed by atoms with Crippen LogP contribution >= 0.6 is 15.9 Å². The number of Topliss-reactive ketones (excluding diaryl/α,β-unsaturated/α-hetero) is 1. The van der Waals surface area contributed by atoms with Crippen LogP contribution in [-0.4, -0.2) is 56.6 Å². The van der Waals surface area contributed by atoms with Crippen LogP contribution in [-0.2, 0) is 4.74 Å². The summed E-state index contributed by atoms with van der Waals surface area (Å²) in [7, 11) is 2.12. The van der Waals surface area contributed by atoms with Crippen molar-refractivity contribution in [3.05, 3.63) is 40.9 Å². The van der Waals surface area contributed by atoms with E-state index < -0.39 is 0 Å². The lowest BCUT2D eigenvalue weighted by molar-refractivity contribution is 0.0342. The van der Waals surface area contributed by atoms with Crippen LogP contribution in [0.4, 0.5) is 5.69 Å². The molecule has 0 aromatic heterocycles. The normalized spacial score (nSPS) is 15.5. The molecule has 0 unspecified atom stereocenters. The third-order valence-corrected chi connectivity index (χ3v) is 5.34. The Bertz CT molecular complexity index is 598.